The number of nitrogens with zero attached hydrogens (tertiary/aromatic N) is 2. The number of hydrogen-bond donors (Lipinski definition) is 3. The zero-order chi connectivity index (χ0) is 15.1. The molecule has 1 aliphatic heterocycles. The van der Waals surface area contributed by atoms with Gasteiger partial charge in [-0.1, -0.05) is 0 Å². The zero-order valence-electron chi connectivity index (χ0n) is 12.6. The Labute approximate surface area is 126 Å². The second kappa shape index (κ2) is 7.85. The second-order valence-corrected chi connectivity index (χ2v) is 5.42. The van der Waals surface area contributed by atoms with E-state index in [4.69, 9.17) is 16.4 Å². The van der Waals surface area contributed by atoms with Crippen LogP contribution in [0, 0.1) is 5.92 Å². The molecule has 0 aliphatic carbocycles. The molecule has 1 aliphatic rings. The topological polar surface area (TPSA) is 88.9 Å². The van der Waals surface area contributed by atoms with Gasteiger partial charge in [-0.3, -0.25) is 5.01 Å². The molecule has 0 amide bonds. The van der Waals surface area contributed by atoms with Crippen molar-refractivity contribution < 1.29 is 4.74 Å². The van der Waals surface area contributed by atoms with E-state index in [9.17, 15) is 0 Å². The van der Waals surface area contributed by atoms with Crippen LogP contribution in [-0.4, -0.2) is 37.6 Å². The normalized spacial score (nSPS) is 16.8. The summed E-state index contributed by atoms with van der Waals surface area (Å²) in [6, 6.07) is 7.67. The van der Waals surface area contributed by atoms with Crippen LogP contribution in [0.25, 0.3) is 0 Å². The molecule has 0 unspecified atom stereocenters. The Morgan fingerprint density at radius 1 is 1.33 bits per heavy atom. The summed E-state index contributed by atoms with van der Waals surface area (Å²) in [6.07, 6.45) is 3.62. The van der Waals surface area contributed by atoms with Crippen molar-refractivity contribution in [2.24, 2.45) is 22.7 Å². The van der Waals surface area contributed by atoms with E-state index in [0.717, 1.165) is 43.3 Å². The summed E-state index contributed by atoms with van der Waals surface area (Å²) in [6.45, 7) is 3.03. The maximum atomic E-state index is 5.80. The Hall–Kier alpha value is -1.79. The Kier molecular flexibility index (Phi) is 5.83. The molecule has 1 aromatic carbocycles. The number of hydrogen-bond acceptors (Lipinski definition) is 5. The van der Waals surface area contributed by atoms with Crippen molar-refractivity contribution in [1.82, 2.24) is 10.3 Å². The molecule has 2 rings (SSSR count). The van der Waals surface area contributed by atoms with Crippen molar-refractivity contribution in [3.63, 3.8) is 0 Å². The van der Waals surface area contributed by atoms with Gasteiger partial charge >= 0.3 is 0 Å². The average molecular weight is 291 g/mol. The summed E-state index contributed by atoms with van der Waals surface area (Å²) >= 11 is 0. The van der Waals surface area contributed by atoms with Crippen molar-refractivity contribution in [1.29, 1.82) is 0 Å². The molecule has 1 aromatic rings. The number of nitrogens with two attached hydrogens (primary N) is 2. The number of rotatable bonds is 5. The highest BCUT2D eigenvalue weighted by molar-refractivity contribution is 5.98. The molecule has 0 atom stereocenters. The molecule has 0 spiro atoms. The van der Waals surface area contributed by atoms with Gasteiger partial charge in [-0.25, -0.2) is 5.84 Å². The van der Waals surface area contributed by atoms with E-state index < -0.39 is 0 Å². The molecule has 1 saturated heterocycles. The highest BCUT2D eigenvalue weighted by Crippen LogP contribution is 2.18. The van der Waals surface area contributed by atoms with Gasteiger partial charge in [0.1, 0.15) is 5.75 Å². The quantitative estimate of drug-likeness (QED) is 0.324. The summed E-state index contributed by atoms with van der Waals surface area (Å²) in [4.78, 5) is 0. The van der Waals surface area contributed by atoms with Gasteiger partial charge < -0.3 is 15.9 Å². The Morgan fingerprint density at radius 2 is 2.00 bits per heavy atom. The number of piperidine rings is 1. The lowest BCUT2D eigenvalue weighted by Crippen LogP contribution is -2.34. The van der Waals surface area contributed by atoms with Gasteiger partial charge in [0.2, 0.25) is 0 Å². The van der Waals surface area contributed by atoms with E-state index in [-0.39, 0.29) is 0 Å². The standard InChI is InChI=1S/C15H25N5O/c1-20(17)15(19-16)13-2-4-14(5-3-13)21-11-8-12-6-9-18-10-7-12/h2-5,12,18H,6-11,16-17H2,1H3/b19-15-. The van der Waals surface area contributed by atoms with E-state index >= 15 is 0 Å². The van der Waals surface area contributed by atoms with Crippen LogP contribution in [0.2, 0.25) is 0 Å². The van der Waals surface area contributed by atoms with Gasteiger partial charge in [0.15, 0.2) is 5.84 Å². The zero-order valence-corrected chi connectivity index (χ0v) is 12.6. The lowest BCUT2D eigenvalue weighted by atomic mass is 9.95. The Balaban J connectivity index is 1.82. The summed E-state index contributed by atoms with van der Waals surface area (Å²) in [5, 5.41) is 8.46. The van der Waals surface area contributed by atoms with Crippen molar-refractivity contribution >= 4 is 5.84 Å². The average Bonchev–Trinajstić information content (AvgIpc) is 2.50. The Morgan fingerprint density at radius 3 is 2.57 bits per heavy atom. The number of benzene rings is 1. The molecule has 0 saturated carbocycles. The molecular formula is C15H25N5O. The fraction of sp³-hybridized carbons (Fsp3) is 0.533. The fourth-order valence-corrected chi connectivity index (χ4v) is 2.58. The molecule has 0 bridgehead atoms. The lowest BCUT2D eigenvalue weighted by molar-refractivity contribution is 0.252. The van der Waals surface area contributed by atoms with Crippen molar-refractivity contribution in [2.45, 2.75) is 19.3 Å². The molecule has 116 valence electrons. The van der Waals surface area contributed by atoms with Crippen LogP contribution >= 0.6 is 0 Å². The highest BCUT2D eigenvalue weighted by atomic mass is 16.5. The smallest absolute Gasteiger partial charge is 0.169 e. The van der Waals surface area contributed by atoms with Crippen LogP contribution in [0.5, 0.6) is 5.75 Å². The first-order valence-corrected chi connectivity index (χ1v) is 7.41. The Bertz CT molecular complexity index is 452. The van der Waals surface area contributed by atoms with E-state index in [1.807, 2.05) is 24.3 Å². The first-order valence-electron chi connectivity index (χ1n) is 7.41. The van der Waals surface area contributed by atoms with Gasteiger partial charge in [-0.15, -0.1) is 0 Å². The van der Waals surface area contributed by atoms with Crippen LogP contribution in [0.4, 0.5) is 0 Å². The van der Waals surface area contributed by atoms with Crippen LogP contribution in [-0.2, 0) is 0 Å². The predicted octanol–water partition coefficient (Wildman–Crippen LogP) is 0.881. The monoisotopic (exact) mass is 291 g/mol. The molecule has 6 nitrogen and oxygen atoms in total. The summed E-state index contributed by atoms with van der Waals surface area (Å²) < 4.78 is 5.80. The van der Waals surface area contributed by atoms with Crippen molar-refractivity contribution in [2.75, 3.05) is 26.7 Å². The van der Waals surface area contributed by atoms with E-state index in [1.165, 1.54) is 17.9 Å². The van der Waals surface area contributed by atoms with Gasteiger partial charge in [0, 0.05) is 12.6 Å². The molecular weight excluding hydrogens is 266 g/mol. The van der Waals surface area contributed by atoms with Gasteiger partial charge in [0.05, 0.1) is 6.61 Å². The third kappa shape index (κ3) is 4.61. The largest absolute Gasteiger partial charge is 0.494 e. The maximum Gasteiger partial charge on any atom is 0.169 e. The molecule has 1 heterocycles. The van der Waals surface area contributed by atoms with E-state index in [1.54, 1.807) is 7.05 Å². The maximum absolute atomic E-state index is 5.80. The van der Waals surface area contributed by atoms with Crippen molar-refractivity contribution in [3.8, 4) is 5.75 Å². The van der Waals surface area contributed by atoms with Crippen molar-refractivity contribution in [3.05, 3.63) is 29.8 Å². The molecule has 5 N–H and O–H groups in total. The lowest BCUT2D eigenvalue weighted by Gasteiger charge is -2.22. The van der Waals surface area contributed by atoms with Crippen LogP contribution in [0.1, 0.15) is 24.8 Å². The minimum Gasteiger partial charge on any atom is -0.494 e. The molecule has 0 radical (unpaired) electrons. The molecule has 21 heavy (non-hydrogen) atoms. The third-order valence-electron chi connectivity index (χ3n) is 3.82. The van der Waals surface area contributed by atoms with Crippen LogP contribution in [0.15, 0.2) is 29.4 Å². The van der Waals surface area contributed by atoms with Crippen LogP contribution in [0.3, 0.4) is 0 Å². The first kappa shape index (κ1) is 15.6. The number of hydrazone groups is 1. The highest BCUT2D eigenvalue weighted by Gasteiger charge is 2.12. The number of nitrogens with one attached hydrogen (secondary N) is 1. The summed E-state index contributed by atoms with van der Waals surface area (Å²) in [5.41, 5.74) is 0.869. The number of amidine groups is 1. The van der Waals surface area contributed by atoms with Gasteiger partial charge in [-0.2, -0.15) is 5.10 Å². The molecule has 6 heteroatoms. The minimum absolute atomic E-state index is 0.538. The van der Waals surface area contributed by atoms with E-state index in [0.29, 0.717) is 5.84 Å². The number of ether oxygens (including phenoxy) is 1. The molecule has 1 fully saturated rings. The number of hydrazine groups is 1. The summed E-state index contributed by atoms with van der Waals surface area (Å²) in [7, 11) is 1.70. The first-order chi connectivity index (χ1) is 10.2. The molecule has 0 aromatic heterocycles. The second-order valence-electron chi connectivity index (χ2n) is 5.42. The third-order valence-corrected chi connectivity index (χ3v) is 3.82. The minimum atomic E-state index is 0.538. The summed E-state index contributed by atoms with van der Waals surface area (Å²) in [5.74, 6) is 13.2. The van der Waals surface area contributed by atoms with Crippen LogP contribution < -0.4 is 21.7 Å². The van der Waals surface area contributed by atoms with Gasteiger partial charge in [0.25, 0.3) is 0 Å². The fourth-order valence-electron chi connectivity index (χ4n) is 2.58. The van der Waals surface area contributed by atoms with E-state index in [2.05, 4.69) is 10.4 Å². The van der Waals surface area contributed by atoms with Gasteiger partial charge in [-0.05, 0) is 62.5 Å². The SMILES string of the molecule is CN(N)/C(=N\N)c1ccc(OCCC2CCNCC2)cc1. The predicted molar refractivity (Wildman–Crippen MR) is 84.8 cm³/mol.